The summed E-state index contributed by atoms with van der Waals surface area (Å²) in [6.07, 6.45) is 1.79. The van der Waals surface area contributed by atoms with Crippen molar-refractivity contribution in [3.63, 3.8) is 0 Å². The third kappa shape index (κ3) is 8.14. The highest BCUT2D eigenvalue weighted by Crippen LogP contribution is 2.30. The maximum absolute atomic E-state index is 12.4. The van der Waals surface area contributed by atoms with Gasteiger partial charge < -0.3 is 14.4 Å². The maximum atomic E-state index is 12.4. The summed E-state index contributed by atoms with van der Waals surface area (Å²) in [5.41, 5.74) is 1.62. The standard InChI is InChI=1S/C24H30ClN3O3SSi/c1-28(24(29)30-14-16-33(2,3)4)13-11-21(22-9-6-15-32-22)31-19-8-5-7-18(17-19)20-10-12-26-23(25)27-20/h5-10,12,15,17,21H,11,13-14,16H2,1-4H3/t21-/m1/s1. The predicted molar refractivity (Wildman–Crippen MR) is 137 cm³/mol. The van der Waals surface area contributed by atoms with Gasteiger partial charge in [-0.2, -0.15) is 0 Å². The second kappa shape index (κ2) is 11.6. The highest BCUT2D eigenvalue weighted by atomic mass is 35.5. The number of carbonyl (C=O) groups is 1. The molecule has 0 saturated heterocycles. The van der Waals surface area contributed by atoms with Crippen LogP contribution in [-0.2, 0) is 4.74 Å². The number of hydrogen-bond donors (Lipinski definition) is 0. The zero-order valence-corrected chi connectivity index (χ0v) is 22.0. The fourth-order valence-electron chi connectivity index (χ4n) is 3.08. The van der Waals surface area contributed by atoms with Crippen molar-refractivity contribution in [2.45, 2.75) is 38.2 Å². The fraction of sp³-hybridized carbons (Fsp3) is 0.375. The molecule has 0 N–H and O–H groups in total. The first kappa shape index (κ1) is 25.2. The minimum Gasteiger partial charge on any atom is -0.485 e. The SMILES string of the molecule is CN(CC[C@@H](Oc1cccc(-c2ccnc(Cl)n2)c1)c1cccs1)C(=O)OCC[Si](C)(C)C. The van der Waals surface area contributed by atoms with E-state index in [2.05, 4.69) is 35.7 Å². The molecule has 3 aromatic rings. The Kier molecular flexibility index (Phi) is 8.88. The van der Waals surface area contributed by atoms with E-state index in [-0.39, 0.29) is 17.5 Å². The van der Waals surface area contributed by atoms with Gasteiger partial charge in [0.2, 0.25) is 5.28 Å². The quantitative estimate of drug-likeness (QED) is 0.225. The topological polar surface area (TPSA) is 64.5 Å². The third-order valence-corrected chi connectivity index (χ3v) is 7.86. The molecule has 2 aromatic heterocycles. The Balaban J connectivity index is 1.64. The number of amides is 1. The van der Waals surface area contributed by atoms with Crippen LogP contribution in [0, 0.1) is 0 Å². The van der Waals surface area contributed by atoms with Gasteiger partial charge >= 0.3 is 6.09 Å². The molecule has 6 nitrogen and oxygen atoms in total. The number of thiophene rings is 1. The van der Waals surface area contributed by atoms with E-state index in [1.54, 1.807) is 29.5 Å². The highest BCUT2D eigenvalue weighted by molar-refractivity contribution is 7.10. The van der Waals surface area contributed by atoms with Gasteiger partial charge in [0, 0.05) is 44.7 Å². The predicted octanol–water partition coefficient (Wildman–Crippen LogP) is 6.78. The molecule has 0 saturated carbocycles. The van der Waals surface area contributed by atoms with E-state index >= 15 is 0 Å². The van der Waals surface area contributed by atoms with E-state index < -0.39 is 8.07 Å². The molecule has 0 bridgehead atoms. The lowest BCUT2D eigenvalue weighted by Gasteiger charge is -2.23. The van der Waals surface area contributed by atoms with Crippen molar-refractivity contribution in [1.29, 1.82) is 0 Å². The van der Waals surface area contributed by atoms with Crippen LogP contribution in [0.1, 0.15) is 17.4 Å². The van der Waals surface area contributed by atoms with Crippen LogP contribution in [-0.4, -0.2) is 49.2 Å². The minimum absolute atomic E-state index is 0.188. The molecule has 0 radical (unpaired) electrons. The van der Waals surface area contributed by atoms with Crippen LogP contribution in [0.4, 0.5) is 4.79 Å². The Morgan fingerprint density at radius 1 is 1.21 bits per heavy atom. The van der Waals surface area contributed by atoms with Crippen molar-refractivity contribution in [1.82, 2.24) is 14.9 Å². The average Bonchev–Trinajstić information content (AvgIpc) is 3.30. The minimum atomic E-state index is -1.24. The van der Waals surface area contributed by atoms with Crippen molar-refractivity contribution in [3.05, 3.63) is 64.2 Å². The first-order chi connectivity index (χ1) is 15.7. The molecule has 0 aliphatic carbocycles. The van der Waals surface area contributed by atoms with Crippen LogP contribution < -0.4 is 4.74 Å². The number of hydrogen-bond acceptors (Lipinski definition) is 6. The Morgan fingerprint density at radius 2 is 2.03 bits per heavy atom. The van der Waals surface area contributed by atoms with E-state index in [1.807, 2.05) is 41.8 Å². The van der Waals surface area contributed by atoms with Crippen LogP contribution in [0.15, 0.2) is 54.0 Å². The van der Waals surface area contributed by atoms with E-state index in [0.29, 0.717) is 19.6 Å². The number of carbonyl (C=O) groups excluding carboxylic acids is 1. The second-order valence-electron chi connectivity index (χ2n) is 9.00. The monoisotopic (exact) mass is 503 g/mol. The lowest BCUT2D eigenvalue weighted by Crippen LogP contribution is -2.31. The van der Waals surface area contributed by atoms with Crippen LogP contribution in [0.25, 0.3) is 11.3 Å². The summed E-state index contributed by atoms with van der Waals surface area (Å²) in [5.74, 6) is 0.723. The van der Waals surface area contributed by atoms with Gasteiger partial charge in [-0.1, -0.05) is 37.8 Å². The normalized spacial score (nSPS) is 12.3. The average molecular weight is 504 g/mol. The number of halogens is 1. The zero-order valence-electron chi connectivity index (χ0n) is 19.5. The highest BCUT2D eigenvalue weighted by Gasteiger charge is 2.20. The summed E-state index contributed by atoms with van der Waals surface area (Å²) in [6.45, 7) is 7.80. The summed E-state index contributed by atoms with van der Waals surface area (Å²) in [5, 5.41) is 2.23. The molecule has 1 amide bonds. The fourth-order valence-corrected chi connectivity index (χ4v) is 4.73. The summed E-state index contributed by atoms with van der Waals surface area (Å²) >= 11 is 7.58. The van der Waals surface area contributed by atoms with Gasteiger partial charge in [0.25, 0.3) is 0 Å². The summed E-state index contributed by atoms with van der Waals surface area (Å²) in [6, 6.07) is 14.6. The van der Waals surface area contributed by atoms with Gasteiger partial charge in [0.15, 0.2) is 0 Å². The summed E-state index contributed by atoms with van der Waals surface area (Å²) < 4.78 is 11.8. The van der Waals surface area contributed by atoms with Crippen molar-refractivity contribution in [2.24, 2.45) is 0 Å². The molecule has 176 valence electrons. The van der Waals surface area contributed by atoms with E-state index in [1.165, 1.54) is 0 Å². The summed E-state index contributed by atoms with van der Waals surface area (Å²) in [4.78, 5) is 23.3. The maximum Gasteiger partial charge on any atom is 0.409 e. The third-order valence-electron chi connectivity index (χ3n) is 5.01. The Bertz CT molecular complexity index is 1040. The molecule has 0 fully saturated rings. The summed E-state index contributed by atoms with van der Waals surface area (Å²) in [7, 11) is 0.529. The van der Waals surface area contributed by atoms with Gasteiger partial charge in [0.1, 0.15) is 11.9 Å². The van der Waals surface area contributed by atoms with Crippen molar-refractivity contribution in [3.8, 4) is 17.0 Å². The molecule has 1 aromatic carbocycles. The molecule has 1 atom stereocenters. The van der Waals surface area contributed by atoms with E-state index in [0.717, 1.165) is 27.9 Å². The molecule has 0 spiro atoms. The lowest BCUT2D eigenvalue weighted by molar-refractivity contribution is 0.108. The molecule has 0 aliphatic heterocycles. The zero-order chi connectivity index (χ0) is 23.8. The van der Waals surface area contributed by atoms with Crippen molar-refractivity contribution in [2.75, 3.05) is 20.2 Å². The Morgan fingerprint density at radius 3 is 2.73 bits per heavy atom. The molecule has 2 heterocycles. The molecule has 0 unspecified atom stereocenters. The molecular formula is C24H30ClN3O3SSi. The molecule has 9 heteroatoms. The van der Waals surface area contributed by atoms with E-state index in [4.69, 9.17) is 21.1 Å². The lowest BCUT2D eigenvalue weighted by atomic mass is 10.1. The molecule has 0 aliphatic rings. The van der Waals surface area contributed by atoms with Crippen LogP contribution in [0.5, 0.6) is 5.75 Å². The Hall–Kier alpha value is -2.42. The van der Waals surface area contributed by atoms with Crippen molar-refractivity contribution >= 4 is 37.1 Å². The number of rotatable bonds is 10. The van der Waals surface area contributed by atoms with Crippen LogP contribution >= 0.6 is 22.9 Å². The second-order valence-corrected chi connectivity index (χ2v) is 15.9. The first-order valence-electron chi connectivity index (χ1n) is 10.9. The van der Waals surface area contributed by atoms with E-state index in [9.17, 15) is 4.79 Å². The molecule has 3 rings (SSSR count). The molecular weight excluding hydrogens is 474 g/mol. The van der Waals surface area contributed by atoms with Gasteiger partial charge in [-0.05, 0) is 47.3 Å². The van der Waals surface area contributed by atoms with Crippen LogP contribution in [0.2, 0.25) is 31.0 Å². The number of nitrogens with zero attached hydrogens (tertiary/aromatic N) is 3. The molecule has 33 heavy (non-hydrogen) atoms. The van der Waals surface area contributed by atoms with Gasteiger partial charge in [-0.15, -0.1) is 11.3 Å². The Labute approximate surface area is 205 Å². The van der Waals surface area contributed by atoms with Gasteiger partial charge in [0.05, 0.1) is 12.3 Å². The van der Waals surface area contributed by atoms with Gasteiger partial charge in [-0.25, -0.2) is 14.8 Å². The first-order valence-corrected chi connectivity index (χ1v) is 15.8. The number of aromatic nitrogens is 2. The largest absolute Gasteiger partial charge is 0.485 e. The number of ether oxygens (including phenoxy) is 2. The number of benzene rings is 1. The van der Waals surface area contributed by atoms with Crippen molar-refractivity contribution < 1.29 is 14.3 Å². The smallest absolute Gasteiger partial charge is 0.409 e. The van der Waals surface area contributed by atoms with Gasteiger partial charge in [-0.3, -0.25) is 0 Å². The van der Waals surface area contributed by atoms with Crippen LogP contribution in [0.3, 0.4) is 0 Å².